The molecule has 0 spiro atoms. The zero-order chi connectivity index (χ0) is 23.4. The highest BCUT2D eigenvalue weighted by molar-refractivity contribution is 7.98. The summed E-state index contributed by atoms with van der Waals surface area (Å²) >= 11 is 3.17. The molecule has 0 aliphatic carbocycles. The van der Waals surface area contributed by atoms with Crippen LogP contribution in [0.3, 0.4) is 0 Å². The average molecular weight is 492 g/mol. The number of nitrogens with one attached hydrogen (secondary N) is 1. The lowest BCUT2D eigenvalue weighted by Gasteiger charge is -2.06. The predicted molar refractivity (Wildman–Crippen MR) is 123 cm³/mol. The maximum absolute atomic E-state index is 12.9. The molecule has 10 heteroatoms. The number of benzene rings is 2. The van der Waals surface area contributed by atoms with E-state index >= 15 is 0 Å². The number of halogens is 3. The Balaban J connectivity index is 1.50. The molecule has 4 aromatic rings. The summed E-state index contributed by atoms with van der Waals surface area (Å²) < 4.78 is 43.2. The number of rotatable bonds is 8. The Morgan fingerprint density at radius 1 is 1.06 bits per heavy atom. The van der Waals surface area contributed by atoms with E-state index in [1.807, 2.05) is 24.3 Å². The van der Waals surface area contributed by atoms with Crippen LogP contribution in [0.1, 0.15) is 35.9 Å². The van der Waals surface area contributed by atoms with Crippen LogP contribution in [0, 0.1) is 0 Å². The van der Waals surface area contributed by atoms with Crippen molar-refractivity contribution in [1.29, 1.82) is 0 Å². The molecular weight excluding hydrogens is 471 g/mol. The molecule has 0 fully saturated rings. The first-order valence-corrected chi connectivity index (χ1v) is 12.1. The smallest absolute Gasteiger partial charge is 0.296 e. The Labute approximate surface area is 196 Å². The van der Waals surface area contributed by atoms with Gasteiger partial charge in [0.15, 0.2) is 5.82 Å². The van der Waals surface area contributed by atoms with Gasteiger partial charge in [0.05, 0.1) is 11.3 Å². The van der Waals surface area contributed by atoms with Gasteiger partial charge in [-0.1, -0.05) is 42.8 Å². The van der Waals surface area contributed by atoms with Crippen molar-refractivity contribution in [2.24, 2.45) is 0 Å². The van der Waals surface area contributed by atoms with Crippen molar-refractivity contribution in [1.82, 2.24) is 15.1 Å². The van der Waals surface area contributed by atoms with E-state index in [2.05, 4.69) is 21.6 Å². The second-order valence-electron chi connectivity index (χ2n) is 7.32. The normalized spacial score (nSPS) is 11.8. The molecule has 0 aliphatic heterocycles. The highest BCUT2D eigenvalue weighted by Crippen LogP contribution is 2.36. The minimum atomic E-state index is -4.35. The van der Waals surface area contributed by atoms with Crippen molar-refractivity contribution < 1.29 is 17.7 Å². The van der Waals surface area contributed by atoms with Crippen LogP contribution in [0.2, 0.25) is 0 Å². The van der Waals surface area contributed by atoms with E-state index in [0.717, 1.165) is 57.4 Å². The highest BCUT2D eigenvalue weighted by atomic mass is 32.2. The van der Waals surface area contributed by atoms with E-state index in [4.69, 9.17) is 4.98 Å². The van der Waals surface area contributed by atoms with Crippen molar-refractivity contribution in [3.63, 3.8) is 0 Å². The number of thioether (sulfide) groups is 1. The lowest BCUT2D eigenvalue weighted by atomic mass is 10.1. The second kappa shape index (κ2) is 9.96. The maximum Gasteiger partial charge on any atom is 0.439 e. The lowest BCUT2D eigenvalue weighted by Crippen LogP contribution is -2.03. The van der Waals surface area contributed by atoms with Crippen LogP contribution < -0.4 is 5.76 Å². The van der Waals surface area contributed by atoms with Crippen LogP contribution in [0.25, 0.3) is 22.0 Å². The van der Waals surface area contributed by atoms with Crippen molar-refractivity contribution >= 4 is 23.1 Å². The second-order valence-corrected chi connectivity index (χ2v) is 9.46. The number of hydrogen-bond acceptors (Lipinski definition) is 6. The zero-order valence-electron chi connectivity index (χ0n) is 17.6. The largest absolute Gasteiger partial charge is 0.439 e. The Bertz CT molecular complexity index is 1260. The van der Waals surface area contributed by atoms with E-state index in [9.17, 15) is 18.0 Å². The molecule has 0 unspecified atom stereocenters. The Hall–Kier alpha value is -2.85. The summed E-state index contributed by atoms with van der Waals surface area (Å²) in [4.78, 5) is 20.5. The number of thiazole rings is 1. The molecule has 0 amide bonds. The minimum absolute atomic E-state index is 0.377. The van der Waals surface area contributed by atoms with E-state index in [1.165, 1.54) is 23.5 Å². The third kappa shape index (κ3) is 5.75. The van der Waals surface area contributed by atoms with Crippen LogP contribution in [0.4, 0.5) is 13.2 Å². The van der Waals surface area contributed by atoms with Crippen LogP contribution >= 0.6 is 23.1 Å². The Morgan fingerprint density at radius 3 is 2.36 bits per heavy atom. The number of aromatic amines is 1. The quantitative estimate of drug-likeness (QED) is 0.274. The van der Waals surface area contributed by atoms with Gasteiger partial charge in [-0.2, -0.15) is 13.2 Å². The fraction of sp³-hybridized carbons (Fsp3) is 0.261. The van der Waals surface area contributed by atoms with Crippen LogP contribution in [0.15, 0.2) is 62.7 Å². The summed E-state index contributed by atoms with van der Waals surface area (Å²) in [7, 11) is 0. The topological polar surface area (TPSA) is 71.8 Å². The van der Waals surface area contributed by atoms with Crippen molar-refractivity contribution in [2.75, 3.05) is 0 Å². The fourth-order valence-corrected chi connectivity index (χ4v) is 5.29. The monoisotopic (exact) mass is 491 g/mol. The maximum atomic E-state index is 12.9. The Morgan fingerprint density at radius 2 is 1.76 bits per heavy atom. The van der Waals surface area contributed by atoms with Gasteiger partial charge in [-0.25, -0.2) is 9.78 Å². The molecule has 2 aromatic heterocycles. The van der Waals surface area contributed by atoms with E-state index in [-0.39, 0.29) is 0 Å². The predicted octanol–water partition coefficient (Wildman–Crippen LogP) is 6.81. The summed E-state index contributed by atoms with van der Waals surface area (Å²) in [6.45, 7) is 2.11. The molecule has 1 N–H and O–H groups in total. The molecule has 0 saturated heterocycles. The van der Waals surface area contributed by atoms with Crippen molar-refractivity contribution in [3.05, 3.63) is 75.2 Å². The molecule has 5 nitrogen and oxygen atoms in total. The highest BCUT2D eigenvalue weighted by Gasteiger charge is 2.30. The standard InChI is InChI=1S/C23H20F3N3O2S2/c1-2-3-4-18-19(33-21(27-18)15-5-9-16(10-6-15)23(24,25)26)13-32-17-11-7-14(8-12-17)20-28-22(30)31-29-20/h5-12H,2-4,13H2,1H3,(H,28,29,30). The first-order valence-electron chi connectivity index (χ1n) is 10.3. The molecule has 4 rings (SSSR count). The Kier molecular flexibility index (Phi) is 7.04. The third-order valence-electron chi connectivity index (χ3n) is 4.94. The van der Waals surface area contributed by atoms with Crippen LogP contribution in [-0.4, -0.2) is 15.1 Å². The number of alkyl halides is 3. The number of aromatic nitrogens is 3. The molecule has 172 valence electrons. The van der Waals surface area contributed by atoms with Crippen molar-refractivity contribution in [2.45, 2.75) is 43.0 Å². The first kappa shape index (κ1) is 23.3. The van der Waals surface area contributed by atoms with Gasteiger partial charge in [0.1, 0.15) is 5.01 Å². The molecule has 0 bridgehead atoms. The summed E-state index contributed by atoms with van der Waals surface area (Å²) in [5, 5.41) is 4.41. The number of unbranched alkanes of at least 4 members (excludes halogenated alkanes) is 1. The molecule has 0 radical (unpaired) electrons. The summed E-state index contributed by atoms with van der Waals surface area (Å²) in [5.41, 5.74) is 1.77. The third-order valence-corrected chi connectivity index (χ3v) is 7.31. The van der Waals surface area contributed by atoms with E-state index in [1.54, 1.807) is 11.8 Å². The van der Waals surface area contributed by atoms with Crippen LogP contribution in [0.5, 0.6) is 0 Å². The first-order chi connectivity index (χ1) is 15.8. The SMILES string of the molecule is CCCCc1nc(-c2ccc(C(F)(F)F)cc2)sc1CSc1ccc(-c2noc(=O)[nH]2)cc1. The molecule has 2 aromatic carbocycles. The molecule has 33 heavy (non-hydrogen) atoms. The summed E-state index contributed by atoms with van der Waals surface area (Å²) in [6, 6.07) is 12.8. The van der Waals surface area contributed by atoms with Gasteiger partial charge in [-0.05, 0) is 37.1 Å². The fourth-order valence-electron chi connectivity index (χ4n) is 3.17. The van der Waals surface area contributed by atoms with Gasteiger partial charge < -0.3 is 0 Å². The van der Waals surface area contributed by atoms with Gasteiger partial charge in [-0.15, -0.1) is 23.1 Å². The molecule has 0 atom stereocenters. The van der Waals surface area contributed by atoms with Gasteiger partial charge >= 0.3 is 11.9 Å². The number of aryl methyl sites for hydroxylation is 1. The summed E-state index contributed by atoms with van der Waals surface area (Å²) in [5.74, 6) is 0.483. The van der Waals surface area contributed by atoms with Gasteiger partial charge in [-0.3, -0.25) is 9.51 Å². The van der Waals surface area contributed by atoms with Gasteiger partial charge in [0, 0.05) is 26.7 Å². The average Bonchev–Trinajstić information content (AvgIpc) is 3.42. The number of hydrogen-bond donors (Lipinski definition) is 1. The van der Waals surface area contributed by atoms with E-state index in [0.29, 0.717) is 17.1 Å². The number of nitrogens with zero attached hydrogens (tertiary/aromatic N) is 2. The lowest BCUT2D eigenvalue weighted by molar-refractivity contribution is -0.137. The molecule has 0 aliphatic rings. The number of H-pyrrole nitrogens is 1. The van der Waals surface area contributed by atoms with E-state index < -0.39 is 17.5 Å². The molecular formula is C23H20F3N3O2S2. The summed E-state index contributed by atoms with van der Waals surface area (Å²) in [6.07, 6.45) is -1.49. The minimum Gasteiger partial charge on any atom is -0.296 e. The van der Waals surface area contributed by atoms with Crippen molar-refractivity contribution in [3.8, 4) is 22.0 Å². The van der Waals surface area contributed by atoms with Gasteiger partial charge in [0.2, 0.25) is 0 Å². The van der Waals surface area contributed by atoms with Crippen LogP contribution in [-0.2, 0) is 18.3 Å². The zero-order valence-corrected chi connectivity index (χ0v) is 19.2. The molecule has 0 saturated carbocycles. The molecule has 2 heterocycles. The van der Waals surface area contributed by atoms with Gasteiger partial charge in [0.25, 0.3) is 0 Å².